The molecule has 0 aliphatic heterocycles. The first-order valence-corrected chi connectivity index (χ1v) is 5.32. The molecule has 1 aromatic carbocycles. The molecular weight excluding hydrogens is 235 g/mol. The number of nitrogens with zero attached hydrogens (tertiary/aromatic N) is 2. The highest BCUT2D eigenvalue weighted by molar-refractivity contribution is 6.39. The second-order valence-electron chi connectivity index (χ2n) is 2.98. The van der Waals surface area contributed by atoms with Gasteiger partial charge in [-0.25, -0.2) is 13.6 Å². The minimum absolute atomic E-state index is 0.439. The van der Waals surface area contributed by atoms with Crippen LogP contribution in [0.2, 0.25) is 0 Å². The quantitative estimate of drug-likeness (QED) is 0.748. The smallest absolute Gasteiger partial charge is 0.245 e. The third-order valence-electron chi connectivity index (χ3n) is 1.78. The largest absolute Gasteiger partial charge is 0.353 e. The lowest BCUT2D eigenvalue weighted by Gasteiger charge is -2.19. The molecule has 2 amide bonds. The maximum atomic E-state index is 11.6. The molecule has 0 radical (unpaired) electrons. The Morgan fingerprint density at radius 1 is 1.27 bits per heavy atom. The third-order valence-corrected chi connectivity index (χ3v) is 2.43. The highest BCUT2D eigenvalue weighted by Crippen LogP contribution is 2.18. The number of carbonyl (C=O) groups is 1. The SMILES string of the molecule is CCCN(Cl)C(=O)N(Cl)c1ccccc1. The molecule has 0 aliphatic carbocycles. The van der Waals surface area contributed by atoms with E-state index < -0.39 is 6.03 Å². The number of para-hydroxylation sites is 1. The minimum Gasteiger partial charge on any atom is -0.245 e. The monoisotopic (exact) mass is 246 g/mol. The van der Waals surface area contributed by atoms with Crippen molar-refractivity contribution in [1.29, 1.82) is 0 Å². The summed E-state index contributed by atoms with van der Waals surface area (Å²) in [4.78, 5) is 11.6. The number of amides is 2. The molecule has 82 valence electrons. The molecule has 0 N–H and O–H groups in total. The number of anilines is 1. The van der Waals surface area contributed by atoms with Crippen LogP contribution < -0.4 is 4.42 Å². The van der Waals surface area contributed by atoms with Gasteiger partial charge in [0, 0.05) is 30.1 Å². The maximum Gasteiger partial charge on any atom is 0.353 e. The van der Waals surface area contributed by atoms with E-state index in [9.17, 15) is 4.79 Å². The molecule has 0 saturated carbocycles. The van der Waals surface area contributed by atoms with Gasteiger partial charge in [-0.3, -0.25) is 0 Å². The molecule has 15 heavy (non-hydrogen) atoms. The second-order valence-corrected chi connectivity index (χ2v) is 3.73. The zero-order valence-electron chi connectivity index (χ0n) is 8.36. The Hall–Kier alpha value is -0.930. The van der Waals surface area contributed by atoms with Gasteiger partial charge in [0.05, 0.1) is 5.69 Å². The molecule has 0 heterocycles. The number of halogens is 2. The zero-order chi connectivity index (χ0) is 11.3. The normalized spacial score (nSPS) is 9.80. The van der Waals surface area contributed by atoms with Gasteiger partial charge in [0.2, 0.25) is 0 Å². The van der Waals surface area contributed by atoms with Gasteiger partial charge in [0.25, 0.3) is 0 Å². The fourth-order valence-corrected chi connectivity index (χ4v) is 1.54. The summed E-state index contributed by atoms with van der Waals surface area (Å²) in [7, 11) is 0. The number of hydrogen-bond donors (Lipinski definition) is 0. The van der Waals surface area contributed by atoms with Crippen molar-refractivity contribution >= 4 is 35.3 Å². The van der Waals surface area contributed by atoms with Crippen LogP contribution in [0.5, 0.6) is 0 Å². The van der Waals surface area contributed by atoms with Gasteiger partial charge in [-0.2, -0.15) is 0 Å². The van der Waals surface area contributed by atoms with E-state index in [1.54, 1.807) is 24.3 Å². The van der Waals surface area contributed by atoms with Crippen molar-refractivity contribution in [2.24, 2.45) is 0 Å². The van der Waals surface area contributed by atoms with E-state index in [1.165, 1.54) is 0 Å². The molecule has 0 saturated heterocycles. The van der Waals surface area contributed by atoms with Crippen LogP contribution in [0.3, 0.4) is 0 Å². The van der Waals surface area contributed by atoms with Crippen LogP contribution >= 0.6 is 23.6 Å². The summed E-state index contributed by atoms with van der Waals surface area (Å²) in [5, 5.41) is 0. The Morgan fingerprint density at radius 3 is 2.40 bits per heavy atom. The molecule has 1 rings (SSSR count). The van der Waals surface area contributed by atoms with Gasteiger partial charge in [0.15, 0.2) is 0 Å². The molecule has 0 bridgehead atoms. The van der Waals surface area contributed by atoms with Crippen LogP contribution in [0.15, 0.2) is 30.3 Å². The molecule has 0 atom stereocenters. The summed E-state index contributed by atoms with van der Waals surface area (Å²) in [6.45, 7) is 2.40. The van der Waals surface area contributed by atoms with E-state index >= 15 is 0 Å². The van der Waals surface area contributed by atoms with E-state index in [2.05, 4.69) is 0 Å². The Morgan fingerprint density at radius 2 is 1.87 bits per heavy atom. The van der Waals surface area contributed by atoms with Crippen molar-refractivity contribution < 1.29 is 4.79 Å². The molecule has 0 aromatic heterocycles. The minimum atomic E-state index is -0.439. The van der Waals surface area contributed by atoms with Crippen LogP contribution in [-0.4, -0.2) is 17.0 Å². The van der Waals surface area contributed by atoms with Crippen molar-refractivity contribution in [3.8, 4) is 0 Å². The van der Waals surface area contributed by atoms with Gasteiger partial charge in [0.1, 0.15) is 0 Å². The highest BCUT2D eigenvalue weighted by Gasteiger charge is 2.18. The number of urea groups is 1. The van der Waals surface area contributed by atoms with Crippen LogP contribution in [0.4, 0.5) is 10.5 Å². The molecule has 3 nitrogen and oxygen atoms in total. The first-order chi connectivity index (χ1) is 7.16. The predicted octanol–water partition coefficient (Wildman–Crippen LogP) is 3.63. The Balaban J connectivity index is 2.69. The third kappa shape index (κ3) is 3.29. The van der Waals surface area contributed by atoms with Crippen LogP contribution in [0.25, 0.3) is 0 Å². The average molecular weight is 247 g/mol. The summed E-state index contributed by atoms with van der Waals surface area (Å²) in [6, 6.07) is 8.49. The first kappa shape index (κ1) is 12.1. The summed E-state index contributed by atoms with van der Waals surface area (Å²) in [5.74, 6) is 0. The summed E-state index contributed by atoms with van der Waals surface area (Å²) in [5.41, 5.74) is 0.603. The van der Waals surface area contributed by atoms with Gasteiger partial charge >= 0.3 is 6.03 Å². The number of carbonyl (C=O) groups excluding carboxylic acids is 1. The highest BCUT2D eigenvalue weighted by atomic mass is 35.5. The van der Waals surface area contributed by atoms with E-state index in [0.717, 1.165) is 15.3 Å². The van der Waals surface area contributed by atoms with E-state index in [1.807, 2.05) is 13.0 Å². The molecule has 0 fully saturated rings. The van der Waals surface area contributed by atoms with E-state index in [4.69, 9.17) is 23.6 Å². The van der Waals surface area contributed by atoms with Crippen molar-refractivity contribution in [3.05, 3.63) is 30.3 Å². The molecule has 0 unspecified atom stereocenters. The van der Waals surface area contributed by atoms with Gasteiger partial charge in [-0.15, -0.1) is 0 Å². The fraction of sp³-hybridized carbons (Fsp3) is 0.300. The van der Waals surface area contributed by atoms with Crippen LogP contribution in [-0.2, 0) is 0 Å². The topological polar surface area (TPSA) is 23.6 Å². The standard InChI is InChI=1S/C10H12Cl2N2O/c1-2-8-13(11)10(15)14(12)9-6-4-3-5-7-9/h3-7H,2,8H2,1H3. The molecule has 1 aromatic rings. The Bertz CT molecular complexity index is 318. The number of hydrogen-bond acceptors (Lipinski definition) is 1. The van der Waals surface area contributed by atoms with Crippen LogP contribution in [0.1, 0.15) is 13.3 Å². The lowest BCUT2D eigenvalue weighted by Crippen LogP contribution is -2.32. The van der Waals surface area contributed by atoms with Crippen molar-refractivity contribution in [1.82, 2.24) is 4.42 Å². The van der Waals surface area contributed by atoms with E-state index in [0.29, 0.717) is 12.2 Å². The lowest BCUT2D eigenvalue weighted by molar-refractivity contribution is 0.234. The van der Waals surface area contributed by atoms with Gasteiger partial charge < -0.3 is 0 Å². The first-order valence-electron chi connectivity index (χ1n) is 4.65. The van der Waals surface area contributed by atoms with Crippen molar-refractivity contribution in [3.63, 3.8) is 0 Å². The van der Waals surface area contributed by atoms with Gasteiger partial charge in [-0.1, -0.05) is 25.1 Å². The van der Waals surface area contributed by atoms with Crippen molar-refractivity contribution in [2.45, 2.75) is 13.3 Å². The number of rotatable bonds is 3. The van der Waals surface area contributed by atoms with Crippen LogP contribution in [0, 0.1) is 0 Å². The Kier molecular flexibility index (Phi) is 4.72. The maximum absolute atomic E-state index is 11.6. The van der Waals surface area contributed by atoms with Crippen molar-refractivity contribution in [2.75, 3.05) is 11.0 Å². The molecule has 0 spiro atoms. The summed E-state index contributed by atoms with van der Waals surface area (Å²) < 4.78 is 2.07. The average Bonchev–Trinajstić information content (AvgIpc) is 2.28. The predicted molar refractivity (Wildman–Crippen MR) is 63.0 cm³/mol. The molecule has 5 heteroatoms. The van der Waals surface area contributed by atoms with E-state index in [-0.39, 0.29) is 0 Å². The second kappa shape index (κ2) is 5.83. The number of benzene rings is 1. The summed E-state index contributed by atoms with van der Waals surface area (Å²) in [6.07, 6.45) is 0.786. The molecular formula is C10H12Cl2N2O. The fourth-order valence-electron chi connectivity index (χ4n) is 1.06. The van der Waals surface area contributed by atoms with Gasteiger partial charge in [-0.05, 0) is 18.6 Å². The zero-order valence-corrected chi connectivity index (χ0v) is 9.87. The Labute approximate surface area is 99.4 Å². The summed E-state index contributed by atoms with van der Waals surface area (Å²) >= 11 is 11.6. The molecule has 0 aliphatic rings. The lowest BCUT2D eigenvalue weighted by atomic mass is 10.3.